The Morgan fingerprint density at radius 3 is 2.39 bits per heavy atom. The fourth-order valence-electron chi connectivity index (χ4n) is 1.49. The molecule has 0 radical (unpaired) electrons. The van der Waals surface area contributed by atoms with E-state index in [1.54, 1.807) is 20.9 Å². The lowest BCUT2D eigenvalue weighted by Crippen LogP contribution is -2.41. The fraction of sp³-hybridized carbons (Fsp3) is 0.583. The second-order valence-corrected chi connectivity index (χ2v) is 4.83. The van der Waals surface area contributed by atoms with Crippen LogP contribution < -0.4 is 0 Å². The molecule has 0 spiro atoms. The molecule has 100 valence electrons. The van der Waals surface area contributed by atoms with Gasteiger partial charge in [0.25, 0.3) is 5.91 Å². The van der Waals surface area contributed by atoms with Crippen LogP contribution in [0.4, 0.5) is 0 Å². The number of hydrogen-bond acceptors (Lipinski definition) is 5. The van der Waals surface area contributed by atoms with Gasteiger partial charge >= 0.3 is 0 Å². The Labute approximate surface area is 106 Å². The lowest BCUT2D eigenvalue weighted by Gasteiger charge is -2.30. The minimum absolute atomic E-state index is 0.194. The Bertz CT molecular complexity index is 402. The largest absolute Gasteiger partial charge is 0.396 e. The van der Waals surface area contributed by atoms with Gasteiger partial charge in [-0.1, -0.05) is 6.92 Å². The van der Waals surface area contributed by atoms with Crippen molar-refractivity contribution in [1.82, 2.24) is 14.9 Å². The maximum Gasteiger partial charge on any atom is 0.273 e. The van der Waals surface area contributed by atoms with Gasteiger partial charge in [-0.25, -0.2) is 4.98 Å². The van der Waals surface area contributed by atoms with Crippen LogP contribution >= 0.6 is 0 Å². The second-order valence-electron chi connectivity index (χ2n) is 4.83. The summed E-state index contributed by atoms with van der Waals surface area (Å²) in [5.74, 6) is -0.282. The molecular weight excluding hydrogens is 234 g/mol. The van der Waals surface area contributed by atoms with E-state index in [9.17, 15) is 15.0 Å². The molecule has 0 atom stereocenters. The number of hydrogen-bond donors (Lipinski definition) is 2. The van der Waals surface area contributed by atoms with Crippen LogP contribution in [-0.4, -0.2) is 57.8 Å². The molecule has 0 aliphatic carbocycles. The Morgan fingerprint density at radius 1 is 1.33 bits per heavy atom. The molecule has 1 rings (SSSR count). The predicted molar refractivity (Wildman–Crippen MR) is 66.0 cm³/mol. The minimum Gasteiger partial charge on any atom is -0.396 e. The highest BCUT2D eigenvalue weighted by Gasteiger charge is 2.27. The number of nitrogens with zero attached hydrogens (tertiary/aromatic N) is 3. The van der Waals surface area contributed by atoms with Gasteiger partial charge < -0.3 is 15.1 Å². The van der Waals surface area contributed by atoms with Gasteiger partial charge in [0, 0.05) is 25.2 Å². The Balaban J connectivity index is 2.75. The summed E-state index contributed by atoms with van der Waals surface area (Å²) in [5, 5.41) is 18.4. The maximum atomic E-state index is 12.0. The number of aromatic nitrogens is 2. The highest BCUT2D eigenvalue weighted by Crippen LogP contribution is 2.16. The van der Waals surface area contributed by atoms with Crippen molar-refractivity contribution in [3.8, 4) is 0 Å². The molecule has 1 amide bonds. The fourth-order valence-corrected chi connectivity index (χ4v) is 1.49. The molecule has 0 bridgehead atoms. The van der Waals surface area contributed by atoms with E-state index in [1.165, 1.54) is 17.3 Å². The van der Waals surface area contributed by atoms with Gasteiger partial charge in [-0.15, -0.1) is 0 Å². The van der Waals surface area contributed by atoms with E-state index < -0.39 is 5.41 Å². The van der Waals surface area contributed by atoms with Crippen LogP contribution in [0.25, 0.3) is 0 Å². The molecular formula is C12H19N3O3. The van der Waals surface area contributed by atoms with Crippen molar-refractivity contribution < 1.29 is 15.0 Å². The summed E-state index contributed by atoms with van der Waals surface area (Å²) in [6.07, 6.45) is 2.95. The first-order valence-corrected chi connectivity index (χ1v) is 5.68. The van der Waals surface area contributed by atoms with Crippen LogP contribution in [-0.2, 0) is 0 Å². The Morgan fingerprint density at radius 2 is 1.94 bits per heavy atom. The summed E-state index contributed by atoms with van der Waals surface area (Å²) in [4.78, 5) is 21.5. The third-order valence-corrected chi connectivity index (χ3v) is 2.73. The summed E-state index contributed by atoms with van der Waals surface area (Å²) in [5.41, 5.74) is 0.272. The molecule has 0 aliphatic rings. The molecule has 0 unspecified atom stereocenters. The normalized spacial score (nSPS) is 11.4. The van der Waals surface area contributed by atoms with Gasteiger partial charge in [-0.3, -0.25) is 9.78 Å². The molecule has 0 saturated heterocycles. The first-order valence-electron chi connectivity index (χ1n) is 5.68. The Hall–Kier alpha value is -1.53. The smallest absolute Gasteiger partial charge is 0.273 e. The minimum atomic E-state index is -0.720. The van der Waals surface area contributed by atoms with Crippen molar-refractivity contribution in [3.05, 3.63) is 23.8 Å². The van der Waals surface area contributed by atoms with Gasteiger partial charge in [0.15, 0.2) is 0 Å². The van der Waals surface area contributed by atoms with Crippen LogP contribution in [0.15, 0.2) is 12.4 Å². The van der Waals surface area contributed by atoms with Gasteiger partial charge in [0.1, 0.15) is 5.69 Å². The number of amides is 1. The number of aryl methyl sites for hydroxylation is 1. The summed E-state index contributed by atoms with van der Waals surface area (Å²) in [7, 11) is 1.60. The zero-order valence-electron chi connectivity index (χ0n) is 10.9. The van der Waals surface area contributed by atoms with Crippen molar-refractivity contribution in [2.45, 2.75) is 13.8 Å². The number of rotatable bonds is 5. The van der Waals surface area contributed by atoms with Crippen LogP contribution in [0.2, 0.25) is 0 Å². The van der Waals surface area contributed by atoms with E-state index in [-0.39, 0.29) is 31.4 Å². The standard InChI is InChI=1S/C12H19N3O3/c1-9-4-14-10(5-13-9)11(18)15(3)6-12(2,7-16)8-17/h4-5,16-17H,6-8H2,1-3H3. The average molecular weight is 253 g/mol. The Kier molecular flexibility index (Phi) is 4.75. The van der Waals surface area contributed by atoms with Gasteiger partial charge in [0.2, 0.25) is 0 Å². The van der Waals surface area contributed by atoms with Gasteiger partial charge in [0.05, 0.1) is 25.1 Å². The second kappa shape index (κ2) is 5.88. The van der Waals surface area contributed by atoms with Crippen molar-refractivity contribution in [3.63, 3.8) is 0 Å². The molecule has 0 aromatic carbocycles. The maximum absolute atomic E-state index is 12.0. The molecule has 1 aromatic rings. The van der Waals surface area contributed by atoms with Crippen LogP contribution in [0.1, 0.15) is 23.1 Å². The number of aliphatic hydroxyl groups excluding tert-OH is 2. The summed E-state index contributed by atoms with van der Waals surface area (Å²) < 4.78 is 0. The SMILES string of the molecule is Cc1cnc(C(=O)N(C)CC(C)(CO)CO)cn1. The number of carbonyl (C=O) groups excluding carboxylic acids is 1. The molecule has 6 heteroatoms. The molecule has 0 fully saturated rings. The lowest BCUT2D eigenvalue weighted by atomic mass is 9.92. The van der Waals surface area contributed by atoms with E-state index >= 15 is 0 Å². The third-order valence-electron chi connectivity index (χ3n) is 2.73. The van der Waals surface area contributed by atoms with Gasteiger partial charge in [-0.2, -0.15) is 0 Å². The van der Waals surface area contributed by atoms with E-state index in [1.807, 2.05) is 0 Å². The highest BCUT2D eigenvalue weighted by atomic mass is 16.3. The lowest BCUT2D eigenvalue weighted by molar-refractivity contribution is 0.0363. The first kappa shape index (κ1) is 14.5. The first-order chi connectivity index (χ1) is 8.41. The summed E-state index contributed by atoms with van der Waals surface area (Å²) in [6.45, 7) is 3.35. The average Bonchev–Trinajstić information content (AvgIpc) is 2.38. The zero-order valence-corrected chi connectivity index (χ0v) is 10.9. The molecule has 1 aromatic heterocycles. The molecule has 1 heterocycles. The zero-order chi connectivity index (χ0) is 13.8. The molecule has 18 heavy (non-hydrogen) atoms. The molecule has 6 nitrogen and oxygen atoms in total. The third kappa shape index (κ3) is 3.48. The number of carbonyl (C=O) groups is 1. The van der Waals surface area contributed by atoms with Crippen molar-refractivity contribution in [2.24, 2.45) is 5.41 Å². The predicted octanol–water partition coefficient (Wildman–Crippen LogP) is -0.152. The van der Waals surface area contributed by atoms with Gasteiger partial charge in [-0.05, 0) is 6.92 Å². The van der Waals surface area contributed by atoms with E-state index in [0.717, 1.165) is 5.69 Å². The molecule has 0 aliphatic heterocycles. The summed E-state index contributed by atoms with van der Waals surface area (Å²) >= 11 is 0. The van der Waals surface area contributed by atoms with E-state index in [2.05, 4.69) is 9.97 Å². The van der Waals surface area contributed by atoms with E-state index in [4.69, 9.17) is 0 Å². The van der Waals surface area contributed by atoms with Crippen LogP contribution in [0, 0.1) is 12.3 Å². The quantitative estimate of drug-likeness (QED) is 0.762. The molecule has 0 saturated carbocycles. The monoisotopic (exact) mass is 253 g/mol. The van der Waals surface area contributed by atoms with Crippen molar-refractivity contribution in [2.75, 3.05) is 26.8 Å². The van der Waals surface area contributed by atoms with E-state index in [0.29, 0.717) is 0 Å². The van der Waals surface area contributed by atoms with Crippen LogP contribution in [0.5, 0.6) is 0 Å². The molecule has 2 N–H and O–H groups in total. The van der Waals surface area contributed by atoms with Crippen molar-refractivity contribution >= 4 is 5.91 Å². The number of aliphatic hydroxyl groups is 2. The topological polar surface area (TPSA) is 86.6 Å². The highest BCUT2D eigenvalue weighted by molar-refractivity contribution is 5.91. The van der Waals surface area contributed by atoms with Crippen LogP contribution in [0.3, 0.4) is 0 Å². The van der Waals surface area contributed by atoms with Crippen molar-refractivity contribution in [1.29, 1.82) is 0 Å². The summed E-state index contributed by atoms with van der Waals surface area (Å²) in [6, 6.07) is 0.